The van der Waals surface area contributed by atoms with E-state index in [0.717, 1.165) is 90.7 Å². The molecule has 1 aliphatic carbocycles. The molecule has 1 saturated carbocycles. The van der Waals surface area contributed by atoms with Crippen LogP contribution < -0.4 is 5.32 Å². The van der Waals surface area contributed by atoms with Crippen LogP contribution in [0.1, 0.15) is 124 Å². The Morgan fingerprint density at radius 3 is 2.11 bits per heavy atom. The van der Waals surface area contributed by atoms with Gasteiger partial charge in [-0.1, -0.05) is 18.2 Å². The molecule has 0 spiro atoms. The van der Waals surface area contributed by atoms with Gasteiger partial charge in [0, 0.05) is 60.3 Å². The minimum absolute atomic E-state index is 0.0235. The fourth-order valence-electron chi connectivity index (χ4n) is 11.5. The number of carbonyl (C=O) groups is 4. The van der Waals surface area contributed by atoms with Gasteiger partial charge < -0.3 is 9.88 Å². The molecule has 10 nitrogen and oxygen atoms in total. The van der Waals surface area contributed by atoms with Crippen molar-refractivity contribution in [2.45, 2.75) is 114 Å². The minimum atomic E-state index is -2.65. The summed E-state index contributed by atoms with van der Waals surface area (Å²) in [4.78, 5) is 61.7. The zero-order valence-electron chi connectivity index (χ0n) is 34.2. The first-order chi connectivity index (χ1) is 29.4. The highest BCUT2D eigenvalue weighted by molar-refractivity contribution is 6.23. The van der Waals surface area contributed by atoms with Crippen LogP contribution in [0.25, 0.3) is 10.9 Å². The Balaban J connectivity index is 0.743. The number of H-pyrrole nitrogens is 1. The molecule has 5 aliphatic heterocycles. The third-order valence-electron chi connectivity index (χ3n) is 14.7. The summed E-state index contributed by atoms with van der Waals surface area (Å²) in [5.74, 6) is -2.84. The number of aromatic nitrogens is 1. The Labute approximate surface area is 351 Å². The van der Waals surface area contributed by atoms with Crippen LogP contribution in [0.4, 0.5) is 17.6 Å². The van der Waals surface area contributed by atoms with Gasteiger partial charge in [0.05, 0.1) is 23.7 Å². The van der Waals surface area contributed by atoms with Crippen molar-refractivity contribution in [1.29, 1.82) is 0 Å². The summed E-state index contributed by atoms with van der Waals surface area (Å²) in [6, 6.07) is 12.3. The number of nitrogens with zero attached hydrogens (tertiary/aromatic N) is 4. The maximum absolute atomic E-state index is 16.3. The van der Waals surface area contributed by atoms with E-state index in [9.17, 15) is 28.0 Å². The molecule has 1 aromatic heterocycles. The van der Waals surface area contributed by atoms with E-state index in [1.165, 1.54) is 12.1 Å². The van der Waals surface area contributed by atoms with Gasteiger partial charge in [-0.25, -0.2) is 17.6 Å². The molecule has 0 bridgehead atoms. The number of piperidine rings is 2. The zero-order chi connectivity index (χ0) is 42.3. The van der Waals surface area contributed by atoms with Gasteiger partial charge in [0.1, 0.15) is 17.7 Å². The quantitative estimate of drug-likeness (QED) is 0.143. The number of imide groups is 2. The Hall–Kier alpha value is -4.92. The van der Waals surface area contributed by atoms with Crippen LogP contribution in [-0.4, -0.2) is 98.9 Å². The highest BCUT2D eigenvalue weighted by atomic mass is 19.3. The first-order valence-corrected chi connectivity index (χ1v) is 21.9. The SMILES string of the molecule is C[C@@H]1Cc2c([nH]c3ccccc23)[C@@H](c2c(F)cc(C3CCC(CN4CCC(N5Cc6cc7c(cc6C5)C(=O)N(C5CCC(=O)NC5=O)C7=O)CC4)CC3)cc2F)N1CC(F)F. The number of halogens is 4. The molecule has 6 heterocycles. The number of fused-ring (bicyclic) bond motifs is 5. The molecule has 61 heavy (non-hydrogen) atoms. The summed E-state index contributed by atoms with van der Waals surface area (Å²) < 4.78 is 60.4. The lowest BCUT2D eigenvalue weighted by molar-refractivity contribution is -0.136. The highest BCUT2D eigenvalue weighted by Gasteiger charge is 2.46. The summed E-state index contributed by atoms with van der Waals surface area (Å²) in [6.07, 6.45) is 3.65. The highest BCUT2D eigenvalue weighted by Crippen LogP contribution is 2.45. The monoisotopic (exact) mass is 838 g/mol. The standard InChI is InChI=1S/C47H50F4N6O4/c1-25-16-33-32-4-2-3-5-38(32)52-43(33)44(56(25)24-40(50)51)42-36(48)19-28(20-37(42)49)27-8-6-26(7-9-27)21-54-14-12-31(13-15-54)55-22-29-17-34-35(18-30(29)23-55)47(61)57(46(34)60)39-10-11-41(58)53-45(39)59/h2-5,17-20,25-27,31,39-40,44,52H,6-16,21-24H2,1H3,(H,53,58,59)/t25-,26?,27?,39?,44-/m1/s1. The Kier molecular flexibility index (Phi) is 10.4. The maximum atomic E-state index is 16.3. The molecule has 0 radical (unpaired) electrons. The lowest BCUT2D eigenvalue weighted by atomic mass is 9.77. The molecule has 3 atom stereocenters. The van der Waals surface area contributed by atoms with Gasteiger partial charge in [0.15, 0.2) is 0 Å². The number of nitrogens with one attached hydrogen (secondary N) is 2. The maximum Gasteiger partial charge on any atom is 0.262 e. The molecule has 320 valence electrons. The molecule has 6 aliphatic rings. The van der Waals surface area contributed by atoms with Crippen molar-refractivity contribution in [2.75, 3.05) is 26.2 Å². The molecule has 4 aromatic rings. The van der Waals surface area contributed by atoms with Crippen LogP contribution in [0.2, 0.25) is 0 Å². The third-order valence-corrected chi connectivity index (χ3v) is 14.7. The predicted molar refractivity (Wildman–Crippen MR) is 219 cm³/mol. The second-order valence-corrected chi connectivity index (χ2v) is 18.3. The number of hydrogen-bond donors (Lipinski definition) is 2. The number of rotatable bonds is 8. The largest absolute Gasteiger partial charge is 0.357 e. The Bertz CT molecular complexity index is 2370. The number of alkyl halides is 2. The fourth-order valence-corrected chi connectivity index (χ4v) is 11.5. The second kappa shape index (κ2) is 15.8. The molecule has 1 unspecified atom stereocenters. The number of likely N-dealkylation sites (tertiary alicyclic amines) is 1. The van der Waals surface area contributed by atoms with E-state index in [2.05, 4.69) is 20.1 Å². The van der Waals surface area contributed by atoms with Crippen molar-refractivity contribution < 1.29 is 36.7 Å². The van der Waals surface area contributed by atoms with Crippen LogP contribution in [0.3, 0.4) is 0 Å². The van der Waals surface area contributed by atoms with Crippen LogP contribution in [0, 0.1) is 17.6 Å². The van der Waals surface area contributed by atoms with E-state index in [1.807, 2.05) is 43.3 Å². The number of benzene rings is 3. The fraction of sp³-hybridized carbons (Fsp3) is 0.489. The van der Waals surface area contributed by atoms with Crippen molar-refractivity contribution in [3.63, 3.8) is 0 Å². The summed E-state index contributed by atoms with van der Waals surface area (Å²) in [7, 11) is 0. The van der Waals surface area contributed by atoms with Crippen molar-refractivity contribution in [3.05, 3.63) is 105 Å². The van der Waals surface area contributed by atoms with Crippen LogP contribution in [-0.2, 0) is 29.1 Å². The van der Waals surface area contributed by atoms with Crippen molar-refractivity contribution in [3.8, 4) is 0 Å². The van der Waals surface area contributed by atoms with Gasteiger partial charge in [0.25, 0.3) is 18.2 Å². The Morgan fingerprint density at radius 1 is 0.820 bits per heavy atom. The van der Waals surface area contributed by atoms with Gasteiger partial charge in [0.2, 0.25) is 11.8 Å². The second-order valence-electron chi connectivity index (χ2n) is 18.3. The molecule has 2 saturated heterocycles. The summed E-state index contributed by atoms with van der Waals surface area (Å²) in [5.41, 5.74) is 5.50. The first kappa shape index (κ1) is 40.2. The topological polar surface area (TPSA) is 109 Å². The van der Waals surface area contributed by atoms with Crippen LogP contribution in [0.15, 0.2) is 48.5 Å². The number of para-hydroxylation sites is 1. The first-order valence-electron chi connectivity index (χ1n) is 21.9. The summed E-state index contributed by atoms with van der Waals surface area (Å²) in [6.45, 7) is 5.55. The van der Waals surface area contributed by atoms with E-state index in [-0.39, 0.29) is 30.4 Å². The summed E-state index contributed by atoms with van der Waals surface area (Å²) >= 11 is 0. The van der Waals surface area contributed by atoms with Gasteiger partial charge in [-0.2, -0.15) is 0 Å². The average molecular weight is 839 g/mol. The van der Waals surface area contributed by atoms with Crippen LogP contribution >= 0.6 is 0 Å². The van der Waals surface area contributed by atoms with Gasteiger partial charge >= 0.3 is 0 Å². The van der Waals surface area contributed by atoms with Crippen LogP contribution in [0.5, 0.6) is 0 Å². The molecule has 10 rings (SSSR count). The van der Waals surface area contributed by atoms with Gasteiger partial charge in [-0.05, 0) is 136 Å². The minimum Gasteiger partial charge on any atom is -0.357 e. The van der Waals surface area contributed by atoms with E-state index < -0.39 is 60.3 Å². The van der Waals surface area contributed by atoms with Crippen molar-refractivity contribution >= 4 is 34.5 Å². The predicted octanol–water partition coefficient (Wildman–Crippen LogP) is 7.20. The van der Waals surface area contributed by atoms with E-state index in [4.69, 9.17) is 0 Å². The van der Waals surface area contributed by atoms with Gasteiger partial charge in [-0.15, -0.1) is 0 Å². The molecule has 3 fully saturated rings. The van der Waals surface area contributed by atoms with E-state index in [1.54, 1.807) is 4.90 Å². The molecule has 4 amide bonds. The normalized spacial score (nSPS) is 26.7. The van der Waals surface area contributed by atoms with E-state index >= 15 is 8.78 Å². The number of carbonyl (C=O) groups excluding carboxylic acids is 4. The number of amides is 4. The molecule has 3 aromatic carbocycles. The lowest BCUT2D eigenvalue weighted by Gasteiger charge is -2.41. The summed E-state index contributed by atoms with van der Waals surface area (Å²) in [5, 5.41) is 3.20. The molecule has 2 N–H and O–H groups in total. The Morgan fingerprint density at radius 2 is 1.48 bits per heavy atom. The number of hydrogen-bond acceptors (Lipinski definition) is 7. The zero-order valence-corrected chi connectivity index (χ0v) is 34.2. The molecular weight excluding hydrogens is 789 g/mol. The number of aromatic amines is 1. The van der Waals surface area contributed by atoms with E-state index in [0.29, 0.717) is 53.9 Å². The van der Waals surface area contributed by atoms with Gasteiger partial charge in [-0.3, -0.25) is 39.2 Å². The smallest absolute Gasteiger partial charge is 0.262 e. The lowest BCUT2D eigenvalue weighted by Crippen LogP contribution is -2.54. The molecule has 14 heteroatoms. The van der Waals surface area contributed by atoms with Crippen molar-refractivity contribution in [2.24, 2.45) is 5.92 Å². The molecular formula is C47H50F4N6O4. The average Bonchev–Trinajstić information content (AvgIpc) is 3.89. The third kappa shape index (κ3) is 7.17. The van der Waals surface area contributed by atoms with Crippen molar-refractivity contribution in [1.82, 2.24) is 29.9 Å².